The lowest BCUT2D eigenvalue weighted by molar-refractivity contribution is 0.0489. The van der Waals surface area contributed by atoms with Gasteiger partial charge in [-0.3, -0.25) is 9.48 Å². The van der Waals surface area contributed by atoms with Crippen molar-refractivity contribution in [1.29, 1.82) is 0 Å². The standard InChI is InChI=1S/C23H30FN3O4/c1-3-19-21-20(7-4-12-30-13-5-10-25-22(21)28)27(26-19)11-6-14-31-23(29)17-9-8-16(2)15-18(17)24/h8-9,15H,3-7,10-14H2,1-2H3,(H,25,28). The molecule has 1 aliphatic rings. The van der Waals surface area contributed by atoms with Crippen molar-refractivity contribution in [1.82, 2.24) is 15.1 Å². The summed E-state index contributed by atoms with van der Waals surface area (Å²) in [5.74, 6) is -1.36. The van der Waals surface area contributed by atoms with E-state index in [2.05, 4.69) is 10.4 Å². The number of nitrogens with zero attached hydrogens (tertiary/aromatic N) is 2. The number of hydrogen-bond acceptors (Lipinski definition) is 5. The van der Waals surface area contributed by atoms with Crippen LogP contribution >= 0.6 is 0 Å². The van der Waals surface area contributed by atoms with E-state index >= 15 is 0 Å². The average molecular weight is 432 g/mol. The molecule has 0 radical (unpaired) electrons. The minimum absolute atomic E-state index is 0.0665. The quantitative estimate of drug-likeness (QED) is 0.561. The van der Waals surface area contributed by atoms with Crippen molar-refractivity contribution < 1.29 is 23.5 Å². The molecule has 0 bridgehead atoms. The highest BCUT2D eigenvalue weighted by Crippen LogP contribution is 2.19. The molecule has 3 rings (SSSR count). The fourth-order valence-corrected chi connectivity index (χ4v) is 3.65. The number of carbonyl (C=O) groups is 2. The third-order valence-electron chi connectivity index (χ3n) is 5.24. The van der Waals surface area contributed by atoms with Gasteiger partial charge >= 0.3 is 5.97 Å². The largest absolute Gasteiger partial charge is 0.462 e. The van der Waals surface area contributed by atoms with E-state index in [0.29, 0.717) is 51.1 Å². The zero-order valence-electron chi connectivity index (χ0n) is 18.2. The topological polar surface area (TPSA) is 82.5 Å². The number of ether oxygens (including phenoxy) is 2. The van der Waals surface area contributed by atoms with E-state index in [4.69, 9.17) is 9.47 Å². The molecule has 0 saturated heterocycles. The molecule has 1 N–H and O–H groups in total. The lowest BCUT2D eigenvalue weighted by Crippen LogP contribution is -2.26. The van der Waals surface area contributed by atoms with Crippen LogP contribution in [0, 0.1) is 12.7 Å². The van der Waals surface area contributed by atoms with Gasteiger partial charge in [0.25, 0.3) is 5.91 Å². The molecule has 8 heteroatoms. The number of nitrogens with one attached hydrogen (secondary N) is 1. The Morgan fingerprint density at radius 1 is 1.32 bits per heavy atom. The summed E-state index contributed by atoms with van der Waals surface area (Å²) in [5.41, 5.74) is 2.99. The van der Waals surface area contributed by atoms with Crippen molar-refractivity contribution in [3.05, 3.63) is 52.1 Å². The summed E-state index contributed by atoms with van der Waals surface area (Å²) in [5, 5.41) is 7.60. The summed E-state index contributed by atoms with van der Waals surface area (Å²) in [4.78, 5) is 24.9. The van der Waals surface area contributed by atoms with Crippen LogP contribution in [-0.2, 0) is 28.9 Å². The van der Waals surface area contributed by atoms with Gasteiger partial charge in [-0.1, -0.05) is 13.0 Å². The summed E-state index contributed by atoms with van der Waals surface area (Å²) in [6.45, 7) is 6.22. The predicted octanol–water partition coefficient (Wildman–Crippen LogP) is 3.22. The van der Waals surface area contributed by atoms with E-state index in [1.165, 1.54) is 12.1 Å². The molecule has 1 aromatic heterocycles. The Morgan fingerprint density at radius 3 is 2.90 bits per heavy atom. The molecule has 0 spiro atoms. The predicted molar refractivity (Wildman–Crippen MR) is 114 cm³/mol. The maximum absolute atomic E-state index is 13.9. The first kappa shape index (κ1) is 22.9. The van der Waals surface area contributed by atoms with Gasteiger partial charge in [0.15, 0.2) is 0 Å². The van der Waals surface area contributed by atoms with Crippen molar-refractivity contribution in [2.45, 2.75) is 52.5 Å². The van der Waals surface area contributed by atoms with Gasteiger partial charge in [-0.2, -0.15) is 5.10 Å². The maximum Gasteiger partial charge on any atom is 0.341 e. The van der Waals surface area contributed by atoms with Gasteiger partial charge in [-0.15, -0.1) is 0 Å². The zero-order valence-corrected chi connectivity index (χ0v) is 18.2. The van der Waals surface area contributed by atoms with E-state index < -0.39 is 11.8 Å². The molecule has 0 aliphatic carbocycles. The van der Waals surface area contributed by atoms with Crippen molar-refractivity contribution >= 4 is 11.9 Å². The number of fused-ring (bicyclic) bond motifs is 1. The summed E-state index contributed by atoms with van der Waals surface area (Å²) in [7, 11) is 0. The highest BCUT2D eigenvalue weighted by molar-refractivity contribution is 5.96. The molecular formula is C23H30FN3O4. The molecular weight excluding hydrogens is 401 g/mol. The molecule has 0 saturated carbocycles. The fraction of sp³-hybridized carbons (Fsp3) is 0.522. The third-order valence-corrected chi connectivity index (χ3v) is 5.24. The van der Waals surface area contributed by atoms with Gasteiger partial charge in [-0.05, 0) is 50.3 Å². The Kier molecular flexibility index (Phi) is 8.17. The second-order valence-corrected chi connectivity index (χ2v) is 7.64. The smallest absolute Gasteiger partial charge is 0.341 e. The van der Waals surface area contributed by atoms with Gasteiger partial charge in [0.1, 0.15) is 5.82 Å². The van der Waals surface area contributed by atoms with Crippen molar-refractivity contribution in [3.63, 3.8) is 0 Å². The Labute approximate surface area is 181 Å². The molecule has 0 atom stereocenters. The Bertz CT molecular complexity index is 926. The summed E-state index contributed by atoms with van der Waals surface area (Å²) >= 11 is 0. The zero-order chi connectivity index (χ0) is 22.2. The number of esters is 1. The van der Waals surface area contributed by atoms with Crippen LogP contribution in [0.2, 0.25) is 0 Å². The van der Waals surface area contributed by atoms with Crippen LogP contribution in [0.3, 0.4) is 0 Å². The SMILES string of the molecule is CCc1nn(CCCOC(=O)c2ccc(C)cc2F)c2c1C(=O)NCCCOCCC2. The number of aryl methyl sites for hydroxylation is 3. The molecule has 7 nitrogen and oxygen atoms in total. The number of rotatable bonds is 6. The highest BCUT2D eigenvalue weighted by atomic mass is 19.1. The van der Waals surface area contributed by atoms with Gasteiger partial charge in [0.2, 0.25) is 0 Å². The monoisotopic (exact) mass is 431 g/mol. The minimum atomic E-state index is -0.678. The molecule has 31 heavy (non-hydrogen) atoms. The number of benzene rings is 1. The lowest BCUT2D eigenvalue weighted by Gasteiger charge is -2.10. The van der Waals surface area contributed by atoms with Gasteiger partial charge < -0.3 is 14.8 Å². The van der Waals surface area contributed by atoms with Crippen molar-refractivity contribution in [2.75, 3.05) is 26.4 Å². The van der Waals surface area contributed by atoms with Crippen LogP contribution in [0.5, 0.6) is 0 Å². The normalized spacial score (nSPS) is 15.0. The van der Waals surface area contributed by atoms with Crippen LogP contribution in [0.25, 0.3) is 0 Å². The number of amides is 1. The Morgan fingerprint density at radius 2 is 2.13 bits per heavy atom. The summed E-state index contributed by atoms with van der Waals surface area (Å²) < 4.78 is 26.6. The van der Waals surface area contributed by atoms with Crippen LogP contribution in [0.4, 0.5) is 4.39 Å². The molecule has 168 valence electrons. The number of carbonyl (C=O) groups excluding carboxylic acids is 2. The Balaban J connectivity index is 1.65. The Hall–Kier alpha value is -2.74. The summed E-state index contributed by atoms with van der Waals surface area (Å²) in [6, 6.07) is 4.42. The van der Waals surface area contributed by atoms with E-state index in [1.54, 1.807) is 13.0 Å². The van der Waals surface area contributed by atoms with Gasteiger partial charge in [0.05, 0.1) is 29.1 Å². The number of hydrogen-bond donors (Lipinski definition) is 1. The number of halogens is 1. The first-order chi connectivity index (χ1) is 15.0. The average Bonchev–Trinajstić information content (AvgIpc) is 3.08. The van der Waals surface area contributed by atoms with Gasteiger partial charge in [-0.25, -0.2) is 9.18 Å². The van der Waals surface area contributed by atoms with Crippen LogP contribution in [-0.4, -0.2) is 48.0 Å². The first-order valence-electron chi connectivity index (χ1n) is 10.9. The second-order valence-electron chi connectivity index (χ2n) is 7.64. The minimum Gasteiger partial charge on any atom is -0.462 e. The van der Waals surface area contributed by atoms with Crippen molar-refractivity contribution in [2.24, 2.45) is 0 Å². The molecule has 1 amide bonds. The van der Waals surface area contributed by atoms with E-state index in [9.17, 15) is 14.0 Å². The van der Waals surface area contributed by atoms with Gasteiger partial charge in [0, 0.05) is 32.7 Å². The molecule has 2 aromatic rings. The number of aromatic nitrogens is 2. The van der Waals surface area contributed by atoms with E-state index in [-0.39, 0.29) is 18.1 Å². The molecule has 0 unspecified atom stereocenters. The molecule has 0 fully saturated rings. The van der Waals surface area contributed by atoms with Crippen LogP contribution < -0.4 is 5.32 Å². The molecule has 1 aliphatic heterocycles. The fourth-order valence-electron chi connectivity index (χ4n) is 3.65. The summed E-state index contributed by atoms with van der Waals surface area (Å²) in [6.07, 6.45) is 3.43. The second kappa shape index (κ2) is 11.0. The molecule has 2 heterocycles. The third kappa shape index (κ3) is 5.91. The molecule has 1 aromatic carbocycles. The lowest BCUT2D eigenvalue weighted by atomic mass is 10.1. The first-order valence-corrected chi connectivity index (χ1v) is 10.9. The maximum atomic E-state index is 13.9. The van der Waals surface area contributed by atoms with E-state index in [1.807, 2.05) is 11.6 Å². The van der Waals surface area contributed by atoms with Crippen LogP contribution in [0.15, 0.2) is 18.2 Å². The van der Waals surface area contributed by atoms with E-state index in [0.717, 1.165) is 29.8 Å². The van der Waals surface area contributed by atoms with Crippen LogP contribution in [0.1, 0.15) is 63.9 Å². The van der Waals surface area contributed by atoms with Crippen molar-refractivity contribution in [3.8, 4) is 0 Å². The highest BCUT2D eigenvalue weighted by Gasteiger charge is 2.23.